The lowest BCUT2D eigenvalue weighted by molar-refractivity contribution is 0.594. The molecule has 0 spiro atoms. The first-order valence-electron chi connectivity index (χ1n) is 7.33. The van der Waals surface area contributed by atoms with Crippen LogP contribution in [0.5, 0.6) is 0 Å². The maximum absolute atomic E-state index is 12.8. The Kier molecular flexibility index (Phi) is 5.75. The second-order valence-electron chi connectivity index (χ2n) is 5.39. The number of hydrogen-bond acceptors (Lipinski definition) is 4. The van der Waals surface area contributed by atoms with Crippen molar-refractivity contribution in [3.8, 4) is 0 Å². The van der Waals surface area contributed by atoms with Gasteiger partial charge in [0.05, 0.1) is 19.6 Å². The maximum Gasteiger partial charge on any atom is 0.206 e. The van der Waals surface area contributed by atoms with E-state index in [-0.39, 0.29) is 19.6 Å². The van der Waals surface area contributed by atoms with E-state index in [1.54, 1.807) is 24.3 Å². The van der Waals surface area contributed by atoms with Crippen LogP contribution in [0.25, 0.3) is 0 Å². The van der Waals surface area contributed by atoms with Crippen LogP contribution in [-0.4, -0.2) is 16.8 Å². The normalized spacial score (nSPS) is 12.1. The maximum atomic E-state index is 12.8. The van der Waals surface area contributed by atoms with Gasteiger partial charge in [-0.25, -0.2) is 16.8 Å². The molecule has 0 aliphatic heterocycles. The summed E-state index contributed by atoms with van der Waals surface area (Å²) in [6.07, 6.45) is 0. The largest absolute Gasteiger partial charge is 0.219 e. The van der Waals surface area contributed by atoms with Crippen LogP contribution in [0.15, 0.2) is 92.4 Å². The highest BCUT2D eigenvalue weighted by molar-refractivity contribution is 14.1. The van der Waals surface area contributed by atoms with Crippen LogP contribution in [0.2, 0.25) is 0 Å². The van der Waals surface area contributed by atoms with Gasteiger partial charge in [-0.05, 0) is 112 Å². The molecule has 0 aliphatic carbocycles. The number of hydrogen-bond donors (Lipinski definition) is 0. The SMILES string of the molecule is O=S(=O)(c1ccc(I)cc1)c1cccc(S(=O)(=O)c2ccc(I)cc2)c1. The Morgan fingerprint density at radius 2 is 0.846 bits per heavy atom. The summed E-state index contributed by atoms with van der Waals surface area (Å²) in [6, 6.07) is 18.3. The van der Waals surface area contributed by atoms with Crippen molar-refractivity contribution in [1.82, 2.24) is 0 Å². The molecule has 4 nitrogen and oxygen atoms in total. The van der Waals surface area contributed by atoms with Crippen LogP contribution in [0.3, 0.4) is 0 Å². The zero-order valence-electron chi connectivity index (χ0n) is 13.1. The Morgan fingerprint density at radius 3 is 1.19 bits per heavy atom. The quantitative estimate of drug-likeness (QED) is 0.407. The fourth-order valence-electron chi connectivity index (χ4n) is 2.31. The molecule has 26 heavy (non-hydrogen) atoms. The van der Waals surface area contributed by atoms with Gasteiger partial charge in [0.15, 0.2) is 0 Å². The zero-order valence-corrected chi connectivity index (χ0v) is 19.1. The van der Waals surface area contributed by atoms with Crippen molar-refractivity contribution in [2.24, 2.45) is 0 Å². The smallest absolute Gasteiger partial charge is 0.206 e. The highest BCUT2D eigenvalue weighted by Gasteiger charge is 2.22. The third kappa shape index (κ3) is 3.97. The molecule has 134 valence electrons. The van der Waals surface area contributed by atoms with E-state index in [9.17, 15) is 16.8 Å². The number of sulfone groups is 2. The zero-order chi connectivity index (χ0) is 18.9. The summed E-state index contributed by atoms with van der Waals surface area (Å²) in [5, 5.41) is 0. The van der Waals surface area contributed by atoms with Gasteiger partial charge in [-0.2, -0.15) is 0 Å². The molecule has 0 aliphatic rings. The standard InChI is InChI=1S/C18H12I2O4S2/c19-13-4-8-15(9-5-13)25(21,22)17-2-1-3-18(12-17)26(23,24)16-10-6-14(20)7-11-16/h1-12H. The first-order chi connectivity index (χ1) is 12.2. The molecular formula is C18H12I2O4S2. The lowest BCUT2D eigenvalue weighted by Gasteiger charge is -2.09. The lowest BCUT2D eigenvalue weighted by atomic mass is 10.4. The predicted octanol–water partition coefficient (Wildman–Crippen LogP) is 4.56. The van der Waals surface area contributed by atoms with Crippen LogP contribution in [0.1, 0.15) is 0 Å². The summed E-state index contributed by atoms with van der Waals surface area (Å²) >= 11 is 4.18. The van der Waals surface area contributed by atoms with Crippen LogP contribution in [-0.2, 0) is 19.7 Å². The van der Waals surface area contributed by atoms with Gasteiger partial charge in [-0.3, -0.25) is 0 Å². The Labute approximate surface area is 179 Å². The van der Waals surface area contributed by atoms with Gasteiger partial charge < -0.3 is 0 Å². The van der Waals surface area contributed by atoms with E-state index in [1.165, 1.54) is 48.5 Å². The number of rotatable bonds is 4. The average Bonchev–Trinajstić information content (AvgIpc) is 2.62. The summed E-state index contributed by atoms with van der Waals surface area (Å²) in [7, 11) is -7.59. The fourth-order valence-corrected chi connectivity index (χ4v) is 5.71. The molecule has 0 unspecified atom stereocenters. The molecule has 0 aromatic heterocycles. The van der Waals surface area contributed by atoms with Gasteiger partial charge in [-0.1, -0.05) is 6.07 Å². The van der Waals surface area contributed by atoms with Gasteiger partial charge in [0.1, 0.15) is 0 Å². The summed E-state index contributed by atoms with van der Waals surface area (Å²) in [5.74, 6) is 0. The van der Waals surface area contributed by atoms with Crippen LogP contribution in [0, 0.1) is 7.14 Å². The minimum absolute atomic E-state index is 0.0507. The van der Waals surface area contributed by atoms with Gasteiger partial charge >= 0.3 is 0 Å². The molecule has 0 N–H and O–H groups in total. The molecule has 0 saturated heterocycles. The topological polar surface area (TPSA) is 68.3 Å². The average molecular weight is 610 g/mol. The lowest BCUT2D eigenvalue weighted by Crippen LogP contribution is -2.06. The highest BCUT2D eigenvalue weighted by atomic mass is 127. The molecule has 0 heterocycles. The molecule has 0 bridgehead atoms. The van der Waals surface area contributed by atoms with Crippen molar-refractivity contribution in [1.29, 1.82) is 0 Å². The van der Waals surface area contributed by atoms with Crippen molar-refractivity contribution < 1.29 is 16.8 Å². The molecule has 0 radical (unpaired) electrons. The number of halogens is 2. The third-order valence-electron chi connectivity index (χ3n) is 3.67. The molecule has 3 aromatic carbocycles. The fraction of sp³-hybridized carbons (Fsp3) is 0. The van der Waals surface area contributed by atoms with Crippen molar-refractivity contribution >= 4 is 64.9 Å². The van der Waals surface area contributed by atoms with Gasteiger partial charge in [0.2, 0.25) is 19.7 Å². The van der Waals surface area contributed by atoms with E-state index >= 15 is 0 Å². The van der Waals surface area contributed by atoms with Crippen molar-refractivity contribution in [2.75, 3.05) is 0 Å². The van der Waals surface area contributed by atoms with E-state index in [0.29, 0.717) is 0 Å². The predicted molar refractivity (Wildman–Crippen MR) is 116 cm³/mol. The molecular weight excluding hydrogens is 598 g/mol. The van der Waals surface area contributed by atoms with Crippen LogP contribution < -0.4 is 0 Å². The molecule has 0 fully saturated rings. The van der Waals surface area contributed by atoms with Gasteiger partial charge in [0, 0.05) is 7.14 Å². The minimum Gasteiger partial charge on any atom is -0.219 e. The Morgan fingerprint density at radius 1 is 0.500 bits per heavy atom. The Balaban J connectivity index is 2.08. The number of benzene rings is 3. The molecule has 0 atom stereocenters. The van der Waals surface area contributed by atoms with Crippen LogP contribution in [0.4, 0.5) is 0 Å². The molecule has 8 heteroatoms. The summed E-state index contributed by atoms with van der Waals surface area (Å²) in [6.45, 7) is 0. The third-order valence-corrected chi connectivity index (χ3v) is 8.65. The summed E-state index contributed by atoms with van der Waals surface area (Å²) in [5.41, 5.74) is 0. The van der Waals surface area contributed by atoms with E-state index < -0.39 is 19.7 Å². The van der Waals surface area contributed by atoms with E-state index in [4.69, 9.17) is 0 Å². The molecule has 0 amide bonds. The van der Waals surface area contributed by atoms with E-state index in [2.05, 4.69) is 45.2 Å². The van der Waals surface area contributed by atoms with Crippen LogP contribution >= 0.6 is 45.2 Å². The monoisotopic (exact) mass is 610 g/mol. The Hall–Kier alpha value is -0.980. The second kappa shape index (κ2) is 7.56. The minimum atomic E-state index is -3.80. The van der Waals surface area contributed by atoms with Crippen molar-refractivity contribution in [3.63, 3.8) is 0 Å². The van der Waals surface area contributed by atoms with Gasteiger partial charge in [0.25, 0.3) is 0 Å². The molecule has 3 aromatic rings. The first-order valence-corrected chi connectivity index (χ1v) is 12.4. The summed E-state index contributed by atoms with van der Waals surface area (Å²) < 4.78 is 53.1. The first kappa shape index (κ1) is 19.8. The van der Waals surface area contributed by atoms with E-state index in [1.807, 2.05) is 0 Å². The van der Waals surface area contributed by atoms with E-state index in [0.717, 1.165) is 7.14 Å². The van der Waals surface area contributed by atoms with Crippen molar-refractivity contribution in [2.45, 2.75) is 19.6 Å². The van der Waals surface area contributed by atoms with Crippen molar-refractivity contribution in [3.05, 3.63) is 79.9 Å². The Bertz CT molecular complexity index is 1060. The molecule has 0 saturated carbocycles. The van der Waals surface area contributed by atoms with Gasteiger partial charge in [-0.15, -0.1) is 0 Å². The highest BCUT2D eigenvalue weighted by Crippen LogP contribution is 2.27. The second-order valence-corrected chi connectivity index (χ2v) is 11.8. The summed E-state index contributed by atoms with van der Waals surface area (Å²) in [4.78, 5) is 0.152. The molecule has 3 rings (SSSR count).